The normalized spacial score (nSPS) is 23.4. The lowest BCUT2D eigenvalue weighted by Crippen LogP contribution is -2.57. The average Bonchev–Trinajstić information content (AvgIpc) is 2.41. The van der Waals surface area contributed by atoms with Gasteiger partial charge in [-0.1, -0.05) is 11.6 Å². The molecule has 2 unspecified atom stereocenters. The summed E-state index contributed by atoms with van der Waals surface area (Å²) < 4.78 is 32.3. The van der Waals surface area contributed by atoms with Gasteiger partial charge in [0.2, 0.25) is 10.0 Å². The Hall–Kier alpha value is -0.530. The van der Waals surface area contributed by atoms with Crippen LogP contribution in [-0.2, 0) is 10.0 Å². The second kappa shape index (κ2) is 7.15. The second-order valence-electron chi connectivity index (χ2n) is 4.89. The highest BCUT2D eigenvalue weighted by Gasteiger charge is 2.36. The zero-order chi connectivity index (χ0) is 14.9. The van der Waals surface area contributed by atoms with Gasteiger partial charge >= 0.3 is 0 Å². The Morgan fingerprint density at radius 1 is 1.38 bits per heavy atom. The Kier molecular flexibility index (Phi) is 6.31. The fourth-order valence-corrected chi connectivity index (χ4v) is 4.47. The first-order chi connectivity index (χ1) is 9.37. The van der Waals surface area contributed by atoms with Crippen LogP contribution in [0.4, 0.5) is 0 Å². The summed E-state index contributed by atoms with van der Waals surface area (Å²) in [5.74, 6) is 0.313. The van der Waals surface area contributed by atoms with Crippen molar-refractivity contribution in [1.82, 2.24) is 9.62 Å². The summed E-state index contributed by atoms with van der Waals surface area (Å²) in [5, 5.41) is 3.64. The van der Waals surface area contributed by atoms with Gasteiger partial charge in [0.05, 0.1) is 7.11 Å². The first-order valence-electron chi connectivity index (χ1n) is 6.46. The average molecular weight is 355 g/mol. The van der Waals surface area contributed by atoms with E-state index < -0.39 is 10.0 Å². The molecule has 0 radical (unpaired) electrons. The third-order valence-corrected chi connectivity index (χ3v) is 5.93. The van der Waals surface area contributed by atoms with E-state index in [1.807, 2.05) is 13.8 Å². The van der Waals surface area contributed by atoms with Crippen molar-refractivity contribution >= 4 is 34.0 Å². The van der Waals surface area contributed by atoms with Crippen LogP contribution < -0.4 is 10.1 Å². The Balaban J connectivity index is 0.00000220. The number of hydrogen-bond acceptors (Lipinski definition) is 4. The third-order valence-electron chi connectivity index (χ3n) is 3.69. The smallest absolute Gasteiger partial charge is 0.247 e. The van der Waals surface area contributed by atoms with Gasteiger partial charge in [0.1, 0.15) is 10.6 Å². The fraction of sp³-hybridized carbons (Fsp3) is 0.538. The standard InChI is InChI=1S/C13H19ClN2O3S.ClH/c1-9-10(2)16(7-6-15-9)20(17,18)13-8-11(14)4-5-12(13)19-3;/h4-5,8-10,15H,6-7H2,1-3H3;1H. The van der Waals surface area contributed by atoms with Crippen molar-refractivity contribution in [3.8, 4) is 5.75 Å². The highest BCUT2D eigenvalue weighted by atomic mass is 35.5. The van der Waals surface area contributed by atoms with Crippen LogP contribution in [0.3, 0.4) is 0 Å². The van der Waals surface area contributed by atoms with Gasteiger partial charge in [-0.25, -0.2) is 8.42 Å². The minimum atomic E-state index is -3.63. The lowest BCUT2D eigenvalue weighted by Gasteiger charge is -2.37. The minimum Gasteiger partial charge on any atom is -0.495 e. The molecule has 1 N–H and O–H groups in total. The number of nitrogens with zero attached hydrogens (tertiary/aromatic N) is 1. The Labute approximate surface area is 137 Å². The molecule has 0 saturated carbocycles. The molecular formula is C13H20Cl2N2O3S. The molecule has 8 heteroatoms. The molecule has 0 aliphatic carbocycles. The second-order valence-corrected chi connectivity index (χ2v) is 7.19. The summed E-state index contributed by atoms with van der Waals surface area (Å²) in [6.07, 6.45) is 0. The topological polar surface area (TPSA) is 58.6 Å². The maximum absolute atomic E-state index is 12.8. The number of hydrogen-bond donors (Lipinski definition) is 1. The van der Waals surface area contributed by atoms with E-state index in [0.717, 1.165) is 0 Å². The van der Waals surface area contributed by atoms with Gasteiger partial charge in [0, 0.05) is 30.2 Å². The Morgan fingerprint density at radius 2 is 2.05 bits per heavy atom. The van der Waals surface area contributed by atoms with Gasteiger partial charge < -0.3 is 10.1 Å². The van der Waals surface area contributed by atoms with Gasteiger partial charge in [0.25, 0.3) is 0 Å². The van der Waals surface area contributed by atoms with Crippen LogP contribution in [0.25, 0.3) is 0 Å². The number of rotatable bonds is 3. The van der Waals surface area contributed by atoms with E-state index in [9.17, 15) is 8.42 Å². The van der Waals surface area contributed by atoms with Crippen LogP contribution in [0.5, 0.6) is 5.75 Å². The van der Waals surface area contributed by atoms with E-state index >= 15 is 0 Å². The third kappa shape index (κ3) is 3.63. The maximum Gasteiger partial charge on any atom is 0.247 e. The van der Waals surface area contributed by atoms with Crippen LogP contribution in [0, 0.1) is 0 Å². The summed E-state index contributed by atoms with van der Waals surface area (Å²) in [6.45, 7) is 4.93. The molecule has 1 saturated heterocycles. The molecule has 0 amide bonds. The minimum absolute atomic E-state index is 0. The Morgan fingerprint density at radius 3 is 2.67 bits per heavy atom. The van der Waals surface area contributed by atoms with Crippen molar-refractivity contribution in [2.45, 2.75) is 30.8 Å². The number of piperazine rings is 1. The first kappa shape index (κ1) is 18.5. The Bertz CT molecular complexity index is 595. The summed E-state index contributed by atoms with van der Waals surface area (Å²) in [6, 6.07) is 4.60. The predicted octanol–water partition coefficient (Wildman–Crippen LogP) is 2.14. The molecule has 2 rings (SSSR count). The summed E-state index contributed by atoms with van der Waals surface area (Å²) >= 11 is 5.93. The van der Waals surface area contributed by atoms with Gasteiger partial charge in [-0.05, 0) is 32.0 Å². The molecule has 1 aliphatic rings. The number of nitrogens with one attached hydrogen (secondary N) is 1. The molecule has 5 nitrogen and oxygen atoms in total. The quantitative estimate of drug-likeness (QED) is 0.903. The molecule has 0 aromatic heterocycles. The van der Waals surface area contributed by atoms with Crippen LogP contribution in [0.15, 0.2) is 23.1 Å². The van der Waals surface area contributed by atoms with E-state index in [2.05, 4.69) is 5.32 Å². The number of sulfonamides is 1. The van der Waals surface area contributed by atoms with Crippen molar-refractivity contribution in [3.05, 3.63) is 23.2 Å². The molecular weight excluding hydrogens is 335 g/mol. The molecule has 1 aliphatic heterocycles. The van der Waals surface area contributed by atoms with Crippen LogP contribution in [0.2, 0.25) is 5.02 Å². The maximum atomic E-state index is 12.8. The molecule has 2 atom stereocenters. The highest BCUT2D eigenvalue weighted by Crippen LogP contribution is 2.31. The summed E-state index contributed by atoms with van der Waals surface area (Å²) in [5.41, 5.74) is 0. The van der Waals surface area contributed by atoms with E-state index in [-0.39, 0.29) is 29.4 Å². The van der Waals surface area contributed by atoms with Crippen molar-refractivity contribution in [2.75, 3.05) is 20.2 Å². The first-order valence-corrected chi connectivity index (χ1v) is 8.28. The van der Waals surface area contributed by atoms with Crippen molar-refractivity contribution in [2.24, 2.45) is 0 Å². The monoisotopic (exact) mass is 354 g/mol. The van der Waals surface area contributed by atoms with Crippen molar-refractivity contribution < 1.29 is 13.2 Å². The van der Waals surface area contributed by atoms with Crippen LogP contribution in [-0.4, -0.2) is 45.0 Å². The molecule has 1 fully saturated rings. The summed E-state index contributed by atoms with van der Waals surface area (Å²) in [4.78, 5) is 0.119. The summed E-state index contributed by atoms with van der Waals surface area (Å²) in [7, 11) is -2.18. The lowest BCUT2D eigenvalue weighted by molar-refractivity contribution is 0.232. The van der Waals surface area contributed by atoms with Gasteiger partial charge in [0.15, 0.2) is 0 Å². The van der Waals surface area contributed by atoms with Crippen molar-refractivity contribution in [1.29, 1.82) is 0 Å². The number of ether oxygens (including phenoxy) is 1. The molecule has 0 spiro atoms. The number of halogens is 2. The van der Waals surface area contributed by atoms with E-state index in [0.29, 0.717) is 23.9 Å². The van der Waals surface area contributed by atoms with Crippen LogP contribution >= 0.6 is 24.0 Å². The highest BCUT2D eigenvalue weighted by molar-refractivity contribution is 7.89. The molecule has 1 aromatic carbocycles. The van der Waals surface area contributed by atoms with E-state index in [4.69, 9.17) is 16.3 Å². The SMILES string of the molecule is COc1ccc(Cl)cc1S(=O)(=O)N1CCNC(C)C1C.Cl. The zero-order valence-corrected chi connectivity index (χ0v) is 14.6. The van der Waals surface area contributed by atoms with Crippen molar-refractivity contribution in [3.63, 3.8) is 0 Å². The van der Waals surface area contributed by atoms with Gasteiger partial charge in [-0.2, -0.15) is 4.31 Å². The number of methoxy groups -OCH3 is 1. The van der Waals surface area contributed by atoms with E-state index in [1.165, 1.54) is 17.5 Å². The number of benzene rings is 1. The largest absolute Gasteiger partial charge is 0.495 e. The fourth-order valence-electron chi connectivity index (χ4n) is 2.34. The predicted molar refractivity (Wildman–Crippen MR) is 86.1 cm³/mol. The molecule has 0 bridgehead atoms. The molecule has 21 heavy (non-hydrogen) atoms. The molecule has 1 aromatic rings. The van der Waals surface area contributed by atoms with Gasteiger partial charge in [-0.15, -0.1) is 12.4 Å². The van der Waals surface area contributed by atoms with Gasteiger partial charge in [-0.3, -0.25) is 0 Å². The van der Waals surface area contributed by atoms with E-state index in [1.54, 1.807) is 12.1 Å². The lowest BCUT2D eigenvalue weighted by atomic mass is 10.1. The molecule has 1 heterocycles. The van der Waals surface area contributed by atoms with Crippen LogP contribution in [0.1, 0.15) is 13.8 Å². The zero-order valence-electron chi connectivity index (χ0n) is 12.2. The molecule has 120 valence electrons.